The first kappa shape index (κ1) is 37.8. The van der Waals surface area contributed by atoms with Crippen LogP contribution in [0.3, 0.4) is 0 Å². The van der Waals surface area contributed by atoms with Gasteiger partial charge in [0, 0.05) is 55.8 Å². The second kappa shape index (κ2) is 16.1. The summed E-state index contributed by atoms with van der Waals surface area (Å²) in [6.45, 7) is 0. The van der Waals surface area contributed by atoms with E-state index in [1.807, 2.05) is 103 Å². The Morgan fingerprint density at radius 1 is 0.354 bits per heavy atom. The first-order chi connectivity index (χ1) is 32.2. The van der Waals surface area contributed by atoms with Crippen LogP contribution < -0.4 is 4.90 Å². The van der Waals surface area contributed by atoms with E-state index >= 15 is 0 Å². The molecule has 0 aliphatic heterocycles. The van der Waals surface area contributed by atoms with Crippen LogP contribution in [0.25, 0.3) is 95.3 Å². The first-order valence-corrected chi connectivity index (χ1v) is 21.6. The van der Waals surface area contributed by atoms with Gasteiger partial charge >= 0.3 is 0 Å². The fourth-order valence-corrected chi connectivity index (χ4v) is 8.76. The number of benzene rings is 9. The Balaban J connectivity index is 1.02. The van der Waals surface area contributed by atoms with Gasteiger partial charge in [0.2, 0.25) is 5.89 Å². The number of hydrogen-bond donors (Lipinski definition) is 0. The zero-order valence-electron chi connectivity index (χ0n) is 35.0. The van der Waals surface area contributed by atoms with Gasteiger partial charge in [-0.05, 0) is 96.1 Å². The predicted molar refractivity (Wildman–Crippen MR) is 264 cm³/mol. The summed E-state index contributed by atoms with van der Waals surface area (Å²) in [7, 11) is 0. The molecule has 7 nitrogen and oxygen atoms in total. The smallest absolute Gasteiger partial charge is 0.227 e. The second-order valence-electron chi connectivity index (χ2n) is 15.9. The molecular weight excluding hydrogens is 797 g/mol. The molecule has 65 heavy (non-hydrogen) atoms. The fourth-order valence-electron chi connectivity index (χ4n) is 8.76. The molecular formula is C58H38N6O. The molecule has 0 unspecified atom stereocenters. The van der Waals surface area contributed by atoms with Gasteiger partial charge in [-0.3, -0.25) is 0 Å². The monoisotopic (exact) mass is 834 g/mol. The molecule has 0 saturated heterocycles. The van der Waals surface area contributed by atoms with Crippen LogP contribution in [0.1, 0.15) is 0 Å². The standard InChI is InChI=1S/C58H38N6O/c1-6-17-40(18-7-1)55-60-56(41-19-8-2-9-20-41)62-57(61-55)44-23-16-28-48(37-44)64-52-36-31-43(38-50(52)49-34-35-51-54(53(49)64)65-58(59-51)42-21-10-3-11-22-42)39-29-32-47(33-30-39)63(45-24-12-4-13-25-45)46-26-14-5-15-27-46/h1-38H. The van der Waals surface area contributed by atoms with E-state index in [4.69, 9.17) is 24.4 Å². The normalized spacial score (nSPS) is 11.4. The lowest BCUT2D eigenvalue weighted by molar-refractivity contribution is 0.622. The lowest BCUT2D eigenvalue weighted by Crippen LogP contribution is -2.09. The summed E-state index contributed by atoms with van der Waals surface area (Å²) >= 11 is 0. The Bertz CT molecular complexity index is 3530. The molecule has 9 aromatic carbocycles. The third kappa shape index (κ3) is 6.98. The van der Waals surface area contributed by atoms with E-state index in [0.717, 1.165) is 83.5 Å². The summed E-state index contributed by atoms with van der Waals surface area (Å²) in [5.41, 5.74) is 13.5. The van der Waals surface area contributed by atoms with Crippen molar-refractivity contribution in [1.82, 2.24) is 24.5 Å². The molecule has 0 radical (unpaired) electrons. The van der Waals surface area contributed by atoms with Gasteiger partial charge in [0.05, 0.1) is 11.0 Å². The number of anilines is 3. The topological polar surface area (TPSA) is 72.9 Å². The van der Waals surface area contributed by atoms with Gasteiger partial charge in [0.25, 0.3) is 0 Å². The summed E-state index contributed by atoms with van der Waals surface area (Å²) in [6.07, 6.45) is 0. The van der Waals surface area contributed by atoms with E-state index in [1.165, 1.54) is 0 Å². The molecule has 0 spiro atoms. The van der Waals surface area contributed by atoms with Gasteiger partial charge in [-0.15, -0.1) is 0 Å². The number of oxazole rings is 1. The maximum Gasteiger partial charge on any atom is 0.227 e. The molecule has 306 valence electrons. The van der Waals surface area contributed by atoms with E-state index in [2.05, 4.69) is 137 Å². The highest BCUT2D eigenvalue weighted by Crippen LogP contribution is 2.41. The Hall–Kier alpha value is -8.94. The van der Waals surface area contributed by atoms with Gasteiger partial charge < -0.3 is 13.9 Å². The zero-order valence-corrected chi connectivity index (χ0v) is 35.0. The minimum Gasteiger partial charge on any atom is -0.434 e. The van der Waals surface area contributed by atoms with Crippen LogP contribution in [0.15, 0.2) is 235 Å². The van der Waals surface area contributed by atoms with E-state index in [9.17, 15) is 0 Å². The van der Waals surface area contributed by atoms with E-state index in [-0.39, 0.29) is 0 Å². The average molecular weight is 835 g/mol. The number of nitrogens with zero attached hydrogens (tertiary/aromatic N) is 6. The van der Waals surface area contributed by atoms with Gasteiger partial charge in [-0.2, -0.15) is 0 Å². The third-order valence-corrected chi connectivity index (χ3v) is 11.9. The Kier molecular flexibility index (Phi) is 9.34. The zero-order chi connectivity index (χ0) is 43.1. The van der Waals surface area contributed by atoms with Crippen molar-refractivity contribution >= 4 is 50.0 Å². The molecule has 12 aromatic rings. The van der Waals surface area contributed by atoms with Crippen molar-refractivity contribution in [2.45, 2.75) is 0 Å². The summed E-state index contributed by atoms with van der Waals surface area (Å²) in [5, 5.41) is 2.16. The van der Waals surface area contributed by atoms with E-state index in [1.54, 1.807) is 0 Å². The van der Waals surface area contributed by atoms with Crippen molar-refractivity contribution in [3.8, 4) is 62.4 Å². The number of aromatic nitrogens is 5. The fraction of sp³-hybridized carbons (Fsp3) is 0. The highest BCUT2D eigenvalue weighted by molar-refractivity contribution is 6.17. The van der Waals surface area contributed by atoms with Crippen molar-refractivity contribution in [3.63, 3.8) is 0 Å². The molecule has 7 heteroatoms. The molecule has 0 N–H and O–H groups in total. The summed E-state index contributed by atoms with van der Waals surface area (Å²) < 4.78 is 9.05. The van der Waals surface area contributed by atoms with Gasteiger partial charge in [-0.25, -0.2) is 19.9 Å². The molecule has 0 aliphatic carbocycles. The predicted octanol–water partition coefficient (Wildman–Crippen LogP) is 14.9. The SMILES string of the molecule is c1ccc(-c2nc(-c3ccccc3)nc(-c3cccc(-n4c5ccc(-c6ccc(N(c7ccccc7)c7ccccc7)cc6)cc5c5ccc6nc(-c7ccccc7)oc6c54)c3)n2)cc1. The number of fused-ring (bicyclic) bond motifs is 5. The number of para-hydroxylation sites is 2. The molecule has 0 amide bonds. The Labute approximate surface area is 375 Å². The number of rotatable bonds is 9. The van der Waals surface area contributed by atoms with Gasteiger partial charge in [0.1, 0.15) is 5.52 Å². The van der Waals surface area contributed by atoms with Crippen molar-refractivity contribution in [2.75, 3.05) is 4.90 Å². The molecule has 0 bridgehead atoms. The van der Waals surface area contributed by atoms with Crippen LogP contribution in [0.4, 0.5) is 17.1 Å². The molecule has 0 fully saturated rings. The second-order valence-corrected chi connectivity index (χ2v) is 15.9. The molecule has 0 atom stereocenters. The number of hydrogen-bond acceptors (Lipinski definition) is 6. The summed E-state index contributed by atoms with van der Waals surface area (Å²) in [6, 6.07) is 79.4. The molecule has 0 saturated carbocycles. The molecule has 0 aliphatic rings. The lowest BCUT2D eigenvalue weighted by Gasteiger charge is -2.25. The average Bonchev–Trinajstić information content (AvgIpc) is 3.98. The largest absolute Gasteiger partial charge is 0.434 e. The quantitative estimate of drug-likeness (QED) is 0.144. The maximum absolute atomic E-state index is 6.76. The first-order valence-electron chi connectivity index (χ1n) is 21.6. The van der Waals surface area contributed by atoms with Crippen LogP contribution >= 0.6 is 0 Å². The van der Waals surface area contributed by atoms with Crippen LogP contribution in [0.5, 0.6) is 0 Å². The van der Waals surface area contributed by atoms with Crippen LogP contribution in [0, 0.1) is 0 Å². The third-order valence-electron chi connectivity index (χ3n) is 11.9. The van der Waals surface area contributed by atoms with Crippen molar-refractivity contribution in [1.29, 1.82) is 0 Å². The van der Waals surface area contributed by atoms with Crippen molar-refractivity contribution < 1.29 is 4.42 Å². The van der Waals surface area contributed by atoms with E-state index in [0.29, 0.717) is 28.9 Å². The summed E-state index contributed by atoms with van der Waals surface area (Å²) in [4.78, 5) is 22.4. The Morgan fingerprint density at radius 3 is 1.46 bits per heavy atom. The molecule has 12 rings (SSSR count). The van der Waals surface area contributed by atoms with Gasteiger partial charge in [0.15, 0.2) is 23.1 Å². The molecule has 3 aromatic heterocycles. The lowest BCUT2D eigenvalue weighted by atomic mass is 10.0. The molecule has 3 heterocycles. The maximum atomic E-state index is 6.76. The minimum atomic E-state index is 0.576. The highest BCUT2D eigenvalue weighted by atomic mass is 16.3. The van der Waals surface area contributed by atoms with Crippen LogP contribution in [-0.2, 0) is 0 Å². The van der Waals surface area contributed by atoms with Crippen LogP contribution in [-0.4, -0.2) is 24.5 Å². The summed E-state index contributed by atoms with van der Waals surface area (Å²) in [5.74, 6) is 2.38. The highest BCUT2D eigenvalue weighted by Gasteiger charge is 2.22. The minimum absolute atomic E-state index is 0.576. The van der Waals surface area contributed by atoms with Gasteiger partial charge in [-0.1, -0.05) is 146 Å². The van der Waals surface area contributed by atoms with E-state index < -0.39 is 0 Å². The van der Waals surface area contributed by atoms with Crippen molar-refractivity contribution in [3.05, 3.63) is 231 Å². The van der Waals surface area contributed by atoms with Crippen LogP contribution in [0.2, 0.25) is 0 Å². The Morgan fingerprint density at radius 2 is 0.862 bits per heavy atom. The van der Waals surface area contributed by atoms with Crippen molar-refractivity contribution in [2.24, 2.45) is 0 Å².